The van der Waals surface area contributed by atoms with E-state index >= 15 is 0 Å². The zero-order valence-corrected chi connectivity index (χ0v) is 12.6. The van der Waals surface area contributed by atoms with Crippen molar-refractivity contribution < 1.29 is 19.4 Å². The van der Waals surface area contributed by atoms with Gasteiger partial charge in [-0.1, -0.05) is 19.1 Å². The fraction of sp³-hybridized carbons (Fsp3) is 0.167. The molecule has 3 aromatic rings. The maximum Gasteiger partial charge on any atom is 0.200 e. The second-order valence-corrected chi connectivity index (χ2v) is 5.19. The molecule has 0 unspecified atom stereocenters. The topological polar surface area (TPSA) is 79.9 Å². The van der Waals surface area contributed by atoms with Crippen LogP contribution in [-0.4, -0.2) is 16.8 Å². The van der Waals surface area contributed by atoms with Crippen LogP contribution in [0.25, 0.3) is 22.1 Å². The molecule has 0 aliphatic carbocycles. The predicted molar refractivity (Wildman–Crippen MR) is 87.0 cm³/mol. The van der Waals surface area contributed by atoms with Gasteiger partial charge in [-0.15, -0.1) is 0 Å². The third-order valence-corrected chi connectivity index (χ3v) is 3.51. The number of benzene rings is 2. The van der Waals surface area contributed by atoms with Gasteiger partial charge < -0.3 is 19.4 Å². The van der Waals surface area contributed by atoms with E-state index < -0.39 is 0 Å². The summed E-state index contributed by atoms with van der Waals surface area (Å²) in [6.45, 7) is 2.67. The summed E-state index contributed by atoms with van der Waals surface area (Å²) in [5.74, 6) is 0.0550. The third kappa shape index (κ3) is 2.85. The molecule has 2 N–H and O–H groups in total. The first-order valence-corrected chi connectivity index (χ1v) is 7.31. The molecule has 1 heterocycles. The largest absolute Gasteiger partial charge is 0.504 e. The van der Waals surface area contributed by atoms with E-state index in [2.05, 4.69) is 0 Å². The van der Waals surface area contributed by atoms with Gasteiger partial charge in [0.15, 0.2) is 11.5 Å². The van der Waals surface area contributed by atoms with Crippen LogP contribution in [0.3, 0.4) is 0 Å². The molecule has 3 rings (SSSR count). The van der Waals surface area contributed by atoms with Crippen molar-refractivity contribution in [2.24, 2.45) is 0 Å². The molecule has 0 aliphatic heterocycles. The molecule has 5 nitrogen and oxygen atoms in total. The van der Waals surface area contributed by atoms with Gasteiger partial charge in [-0.3, -0.25) is 4.79 Å². The van der Waals surface area contributed by atoms with E-state index in [-0.39, 0.29) is 27.9 Å². The molecule has 118 valence electrons. The summed E-state index contributed by atoms with van der Waals surface area (Å²) < 4.78 is 10.9. The highest BCUT2D eigenvalue weighted by atomic mass is 16.5. The number of ether oxygens (including phenoxy) is 1. The van der Waals surface area contributed by atoms with Crippen molar-refractivity contribution in [2.45, 2.75) is 13.3 Å². The maximum atomic E-state index is 12.6. The van der Waals surface area contributed by atoms with Gasteiger partial charge in [0.05, 0.1) is 17.6 Å². The number of hydrogen-bond acceptors (Lipinski definition) is 5. The number of rotatable bonds is 4. The molecule has 1 aromatic heterocycles. The Morgan fingerprint density at radius 2 is 1.78 bits per heavy atom. The molecular formula is C18H16O5. The average Bonchev–Trinajstić information content (AvgIpc) is 2.56. The van der Waals surface area contributed by atoms with Crippen molar-refractivity contribution in [2.75, 3.05) is 6.61 Å². The van der Waals surface area contributed by atoms with Crippen LogP contribution >= 0.6 is 0 Å². The van der Waals surface area contributed by atoms with Crippen LogP contribution in [0.2, 0.25) is 0 Å². The van der Waals surface area contributed by atoms with Gasteiger partial charge in [-0.2, -0.15) is 0 Å². The van der Waals surface area contributed by atoms with E-state index in [4.69, 9.17) is 9.15 Å². The first-order chi connectivity index (χ1) is 11.1. The van der Waals surface area contributed by atoms with Gasteiger partial charge in [0.25, 0.3) is 0 Å². The second kappa shape index (κ2) is 6.04. The molecule has 2 aromatic carbocycles. The molecule has 0 bridgehead atoms. The van der Waals surface area contributed by atoms with E-state index in [1.54, 1.807) is 24.3 Å². The quantitative estimate of drug-likeness (QED) is 0.719. The minimum absolute atomic E-state index is 0.212. The summed E-state index contributed by atoms with van der Waals surface area (Å²) in [6.07, 6.45) is 2.27. The second-order valence-electron chi connectivity index (χ2n) is 5.19. The molecule has 5 heteroatoms. The number of hydrogen-bond donors (Lipinski definition) is 2. The van der Waals surface area contributed by atoms with Crippen LogP contribution in [0.5, 0.6) is 17.2 Å². The van der Waals surface area contributed by atoms with E-state index in [9.17, 15) is 15.0 Å². The Bertz CT molecular complexity index is 894. The Hall–Kier alpha value is -2.95. The van der Waals surface area contributed by atoms with E-state index in [0.29, 0.717) is 17.7 Å². The van der Waals surface area contributed by atoms with Gasteiger partial charge >= 0.3 is 0 Å². The molecular weight excluding hydrogens is 296 g/mol. The Balaban J connectivity index is 2.04. The van der Waals surface area contributed by atoms with Crippen LogP contribution < -0.4 is 10.2 Å². The fourth-order valence-corrected chi connectivity index (χ4v) is 2.30. The lowest BCUT2D eigenvalue weighted by molar-refractivity contribution is 0.317. The summed E-state index contributed by atoms with van der Waals surface area (Å²) in [7, 11) is 0. The fourth-order valence-electron chi connectivity index (χ4n) is 2.30. The lowest BCUT2D eigenvalue weighted by atomic mass is 10.1. The van der Waals surface area contributed by atoms with Gasteiger partial charge in [0, 0.05) is 6.07 Å². The Kier molecular flexibility index (Phi) is 3.93. The molecule has 0 radical (unpaired) electrons. The summed E-state index contributed by atoms with van der Waals surface area (Å²) in [5.41, 5.74) is 1.02. The molecule has 0 amide bonds. The molecule has 0 saturated heterocycles. The van der Waals surface area contributed by atoms with Crippen molar-refractivity contribution in [1.29, 1.82) is 0 Å². The predicted octanol–water partition coefficient (Wildman–Crippen LogP) is 3.66. The van der Waals surface area contributed by atoms with Crippen molar-refractivity contribution >= 4 is 11.0 Å². The highest BCUT2D eigenvalue weighted by Gasteiger charge is 2.12. The first-order valence-electron chi connectivity index (χ1n) is 7.31. The highest BCUT2D eigenvalue weighted by Crippen LogP contribution is 2.30. The molecule has 0 fully saturated rings. The molecule has 0 aliphatic rings. The van der Waals surface area contributed by atoms with Crippen molar-refractivity contribution in [3.63, 3.8) is 0 Å². The lowest BCUT2D eigenvalue weighted by Crippen LogP contribution is -2.04. The summed E-state index contributed by atoms with van der Waals surface area (Å²) >= 11 is 0. The van der Waals surface area contributed by atoms with E-state index in [1.165, 1.54) is 18.4 Å². The number of aromatic hydroxyl groups is 2. The third-order valence-electron chi connectivity index (χ3n) is 3.51. The van der Waals surface area contributed by atoms with Gasteiger partial charge in [0.2, 0.25) is 5.43 Å². The molecule has 0 atom stereocenters. The lowest BCUT2D eigenvalue weighted by Gasteiger charge is -2.07. The summed E-state index contributed by atoms with van der Waals surface area (Å²) in [5, 5.41) is 19.3. The number of phenolic OH excluding ortho intramolecular Hbond substituents is 2. The van der Waals surface area contributed by atoms with Crippen LogP contribution in [0.4, 0.5) is 0 Å². The zero-order valence-electron chi connectivity index (χ0n) is 12.6. The number of phenols is 2. The Morgan fingerprint density at radius 3 is 2.48 bits per heavy atom. The Morgan fingerprint density at radius 1 is 1.09 bits per heavy atom. The van der Waals surface area contributed by atoms with Crippen molar-refractivity contribution in [3.8, 4) is 28.4 Å². The van der Waals surface area contributed by atoms with E-state index in [0.717, 1.165) is 12.2 Å². The van der Waals surface area contributed by atoms with Gasteiger partial charge in [-0.05, 0) is 30.2 Å². The number of fused-ring (bicyclic) bond motifs is 1. The zero-order chi connectivity index (χ0) is 16.4. The van der Waals surface area contributed by atoms with Crippen LogP contribution in [0, 0.1) is 0 Å². The van der Waals surface area contributed by atoms with E-state index in [1.807, 2.05) is 6.92 Å². The molecule has 0 spiro atoms. The van der Waals surface area contributed by atoms with Gasteiger partial charge in [-0.25, -0.2) is 0 Å². The first kappa shape index (κ1) is 15.0. The summed E-state index contributed by atoms with van der Waals surface area (Å²) in [6, 6.07) is 9.58. The smallest absolute Gasteiger partial charge is 0.200 e. The minimum atomic E-state index is -0.356. The van der Waals surface area contributed by atoms with Gasteiger partial charge in [0.1, 0.15) is 17.6 Å². The monoisotopic (exact) mass is 312 g/mol. The average molecular weight is 312 g/mol. The van der Waals surface area contributed by atoms with Crippen LogP contribution in [0.1, 0.15) is 13.3 Å². The SMILES string of the molecule is CCCOc1ccc(-c2coc3cc(O)c(O)cc3c2=O)cc1. The maximum absolute atomic E-state index is 12.6. The highest BCUT2D eigenvalue weighted by molar-refractivity contribution is 5.84. The van der Waals surface area contributed by atoms with Crippen LogP contribution in [0.15, 0.2) is 51.9 Å². The standard InChI is InChI=1S/C18H16O5/c1-2-7-22-12-5-3-11(4-6-12)14-10-23-17-9-16(20)15(19)8-13(17)18(14)21/h3-6,8-10,19-20H,2,7H2,1H3. The minimum Gasteiger partial charge on any atom is -0.504 e. The molecule has 0 saturated carbocycles. The Labute approximate surface area is 132 Å². The van der Waals surface area contributed by atoms with Crippen molar-refractivity contribution in [1.82, 2.24) is 0 Å². The summed E-state index contributed by atoms with van der Waals surface area (Å²) in [4.78, 5) is 12.6. The molecule has 23 heavy (non-hydrogen) atoms. The normalized spacial score (nSPS) is 10.8. The van der Waals surface area contributed by atoms with Crippen LogP contribution in [-0.2, 0) is 0 Å². The van der Waals surface area contributed by atoms with Crippen molar-refractivity contribution in [3.05, 3.63) is 52.9 Å².